The lowest BCUT2D eigenvalue weighted by Gasteiger charge is -2.20. The van der Waals surface area contributed by atoms with Crippen molar-refractivity contribution in [1.82, 2.24) is 0 Å². The van der Waals surface area contributed by atoms with Crippen LogP contribution in [0.2, 0.25) is 0 Å². The second-order valence-corrected chi connectivity index (χ2v) is 7.04. The summed E-state index contributed by atoms with van der Waals surface area (Å²) >= 11 is 0. The fourth-order valence-corrected chi connectivity index (χ4v) is 4.61. The van der Waals surface area contributed by atoms with E-state index in [1.807, 2.05) is 0 Å². The van der Waals surface area contributed by atoms with Crippen LogP contribution < -0.4 is 0 Å². The van der Waals surface area contributed by atoms with Crippen LogP contribution in [-0.4, -0.2) is 68.7 Å². The molecule has 4 aliphatic heterocycles. The third-order valence-corrected chi connectivity index (χ3v) is 5.69. The van der Waals surface area contributed by atoms with Gasteiger partial charge < -0.3 is 29.9 Å². The van der Waals surface area contributed by atoms with E-state index in [-0.39, 0.29) is 24.4 Å². The van der Waals surface area contributed by atoms with Gasteiger partial charge in [-0.2, -0.15) is 0 Å². The maximum absolute atomic E-state index is 10.8. The monoisotopic (exact) mass is 372 g/mol. The minimum Gasteiger partial charge on any atom is -0.481 e. The van der Waals surface area contributed by atoms with Gasteiger partial charge in [-0.25, -0.2) is 0 Å². The summed E-state index contributed by atoms with van der Waals surface area (Å²) < 4.78 is 10.5. The molecule has 4 N–H and O–H groups in total. The van der Waals surface area contributed by atoms with E-state index in [4.69, 9.17) is 29.9 Å². The van der Waals surface area contributed by atoms with Crippen molar-refractivity contribution in [3.8, 4) is 0 Å². The van der Waals surface area contributed by atoms with Gasteiger partial charge in [0.05, 0.1) is 48.1 Å². The maximum atomic E-state index is 10.8. The predicted octanol–water partition coefficient (Wildman–Crippen LogP) is -0.102. The molecule has 8 atom stereocenters. The van der Waals surface area contributed by atoms with E-state index in [9.17, 15) is 19.2 Å². The first-order chi connectivity index (χ1) is 12.2. The van der Waals surface area contributed by atoms with Gasteiger partial charge in [-0.3, -0.25) is 19.2 Å². The Morgan fingerprint density at radius 2 is 0.692 bits per heavy atom. The Bertz CT molecular complexity index is 525. The van der Waals surface area contributed by atoms with Gasteiger partial charge in [0, 0.05) is 0 Å². The first kappa shape index (κ1) is 18.6. The minimum absolute atomic E-state index is 0.386. The minimum atomic E-state index is -1.06. The third-order valence-electron chi connectivity index (χ3n) is 5.69. The Hall–Kier alpha value is -2.20. The zero-order valence-corrected chi connectivity index (χ0v) is 13.7. The highest BCUT2D eigenvalue weighted by Gasteiger charge is 2.56. The molecule has 4 heterocycles. The maximum Gasteiger partial charge on any atom is 0.310 e. The molecule has 0 radical (unpaired) electrons. The highest BCUT2D eigenvalue weighted by molar-refractivity contribution is 5.82. The van der Waals surface area contributed by atoms with Crippen molar-refractivity contribution >= 4 is 23.9 Å². The lowest BCUT2D eigenvalue weighted by molar-refractivity contribution is -0.154. The van der Waals surface area contributed by atoms with Crippen molar-refractivity contribution in [2.24, 2.45) is 23.7 Å². The number of ether oxygens (including phenoxy) is 2. The van der Waals surface area contributed by atoms with E-state index in [0.717, 1.165) is 0 Å². The molecule has 8 unspecified atom stereocenters. The van der Waals surface area contributed by atoms with Gasteiger partial charge in [-0.15, -0.1) is 0 Å². The normalized spacial score (nSPS) is 42.2. The van der Waals surface area contributed by atoms with Crippen molar-refractivity contribution in [3.05, 3.63) is 0 Å². The summed E-state index contributed by atoms with van der Waals surface area (Å²) in [5.41, 5.74) is 0. The molecule has 4 rings (SSSR count). The molecule has 4 aliphatic rings. The highest BCUT2D eigenvalue weighted by Crippen LogP contribution is 2.44. The first-order valence-corrected chi connectivity index (χ1v) is 8.44. The molecule has 4 fully saturated rings. The number of carboxylic acid groups (broad SMARTS) is 4. The molecule has 10 heteroatoms. The number of hydrogen-bond acceptors (Lipinski definition) is 6. The molecular formula is C16H20O10. The van der Waals surface area contributed by atoms with Gasteiger partial charge in [-0.1, -0.05) is 0 Å². The summed E-state index contributed by atoms with van der Waals surface area (Å²) in [5, 5.41) is 35.2. The third kappa shape index (κ3) is 3.03. The summed E-state index contributed by atoms with van der Waals surface area (Å²) in [6, 6.07) is 0. The van der Waals surface area contributed by atoms with Gasteiger partial charge in [0.25, 0.3) is 0 Å². The molecule has 26 heavy (non-hydrogen) atoms. The Balaban J connectivity index is 0.000000151. The summed E-state index contributed by atoms with van der Waals surface area (Å²) in [4.78, 5) is 43.1. The topological polar surface area (TPSA) is 168 Å². The predicted molar refractivity (Wildman–Crippen MR) is 80.3 cm³/mol. The quantitative estimate of drug-likeness (QED) is 0.523. The van der Waals surface area contributed by atoms with Crippen molar-refractivity contribution < 1.29 is 49.1 Å². The molecule has 0 aromatic carbocycles. The second kappa shape index (κ2) is 6.84. The molecule has 0 aromatic rings. The molecule has 0 saturated carbocycles. The van der Waals surface area contributed by atoms with Crippen LogP contribution in [0.15, 0.2) is 0 Å². The average Bonchev–Trinajstić information content (AvgIpc) is 3.32. The SMILES string of the molecule is O=C(O)C1C2CCC(O2)C1C(=O)O.O=C(O)C1C2CCC(O2)C1C(=O)O. The zero-order valence-electron chi connectivity index (χ0n) is 13.7. The fraction of sp³-hybridized carbons (Fsp3) is 0.750. The average molecular weight is 372 g/mol. The zero-order chi connectivity index (χ0) is 19.2. The summed E-state index contributed by atoms with van der Waals surface area (Å²) in [6.45, 7) is 0. The molecule has 4 saturated heterocycles. The van der Waals surface area contributed by atoms with Gasteiger partial charge >= 0.3 is 23.9 Å². The standard InChI is InChI=1S/2C8H10O5/c2*9-7(10)5-3-1-2-4(13-3)6(5)8(11)12/h2*3-6H,1-2H2,(H,9,10)(H,11,12). The number of hydrogen-bond donors (Lipinski definition) is 4. The van der Waals surface area contributed by atoms with Crippen LogP contribution in [0, 0.1) is 23.7 Å². The summed E-state index contributed by atoms with van der Waals surface area (Å²) in [6.07, 6.45) is 1.15. The van der Waals surface area contributed by atoms with E-state index >= 15 is 0 Å². The number of aliphatic carboxylic acids is 4. The van der Waals surface area contributed by atoms with Gasteiger partial charge in [0.1, 0.15) is 0 Å². The molecule has 0 aromatic heterocycles. The van der Waals surface area contributed by atoms with Crippen LogP contribution in [-0.2, 0) is 28.7 Å². The first-order valence-electron chi connectivity index (χ1n) is 8.44. The van der Waals surface area contributed by atoms with Crippen LogP contribution >= 0.6 is 0 Å². The van der Waals surface area contributed by atoms with E-state index in [1.54, 1.807) is 0 Å². The number of carbonyl (C=O) groups is 4. The molecule has 144 valence electrons. The van der Waals surface area contributed by atoms with Gasteiger partial charge in [0.2, 0.25) is 0 Å². The van der Waals surface area contributed by atoms with Gasteiger partial charge in [-0.05, 0) is 25.7 Å². The fourth-order valence-electron chi connectivity index (χ4n) is 4.61. The van der Waals surface area contributed by atoms with Crippen molar-refractivity contribution in [2.45, 2.75) is 50.1 Å². The van der Waals surface area contributed by atoms with Gasteiger partial charge in [0.15, 0.2) is 0 Å². The number of carboxylic acids is 4. The van der Waals surface area contributed by atoms with Crippen LogP contribution in [0.25, 0.3) is 0 Å². The van der Waals surface area contributed by atoms with E-state index in [1.165, 1.54) is 0 Å². The number of rotatable bonds is 4. The molecule has 0 spiro atoms. The molecule has 0 amide bonds. The lowest BCUT2D eigenvalue weighted by atomic mass is 9.79. The Morgan fingerprint density at radius 3 is 0.846 bits per heavy atom. The van der Waals surface area contributed by atoms with Crippen LogP contribution in [0.5, 0.6) is 0 Å². The van der Waals surface area contributed by atoms with Crippen molar-refractivity contribution in [3.63, 3.8) is 0 Å². The van der Waals surface area contributed by atoms with Crippen molar-refractivity contribution in [1.29, 1.82) is 0 Å². The smallest absolute Gasteiger partial charge is 0.310 e. The Kier molecular flexibility index (Phi) is 4.89. The lowest BCUT2D eigenvalue weighted by Crippen LogP contribution is -2.38. The van der Waals surface area contributed by atoms with Crippen LogP contribution in [0.4, 0.5) is 0 Å². The largest absolute Gasteiger partial charge is 0.481 e. The van der Waals surface area contributed by atoms with Crippen LogP contribution in [0.3, 0.4) is 0 Å². The Labute approximate surface area is 147 Å². The van der Waals surface area contributed by atoms with E-state index in [2.05, 4.69) is 0 Å². The second-order valence-electron chi connectivity index (χ2n) is 7.04. The molecule has 10 nitrogen and oxygen atoms in total. The summed E-state index contributed by atoms with van der Waals surface area (Å²) in [7, 11) is 0. The van der Waals surface area contributed by atoms with E-state index < -0.39 is 47.5 Å². The van der Waals surface area contributed by atoms with E-state index in [0.29, 0.717) is 25.7 Å². The van der Waals surface area contributed by atoms with Crippen LogP contribution in [0.1, 0.15) is 25.7 Å². The molecule has 0 aliphatic carbocycles. The highest BCUT2D eigenvalue weighted by atomic mass is 16.5. The number of fused-ring (bicyclic) bond motifs is 4. The molecule has 4 bridgehead atoms. The summed E-state index contributed by atoms with van der Waals surface area (Å²) in [5.74, 6) is -7.63. The van der Waals surface area contributed by atoms with Crippen molar-refractivity contribution in [2.75, 3.05) is 0 Å². The molecular weight excluding hydrogens is 352 g/mol. The Morgan fingerprint density at radius 1 is 0.500 bits per heavy atom.